The molecule has 0 saturated carbocycles. The van der Waals surface area contributed by atoms with Crippen LogP contribution in [0, 0.1) is 0 Å². The zero-order chi connectivity index (χ0) is 28.3. The Kier molecular flexibility index (Phi) is 8.69. The predicted molar refractivity (Wildman–Crippen MR) is 154 cm³/mol. The largest absolute Gasteiger partial charge is 2.00 e. The van der Waals surface area contributed by atoms with Gasteiger partial charge in [0.05, 0.1) is 0 Å². The van der Waals surface area contributed by atoms with Crippen LogP contribution in [0.25, 0.3) is 23.3 Å². The summed E-state index contributed by atoms with van der Waals surface area (Å²) in [5.74, 6) is 3.20. The van der Waals surface area contributed by atoms with Crippen molar-refractivity contribution in [2.75, 3.05) is 0 Å². The van der Waals surface area contributed by atoms with Gasteiger partial charge >= 0.3 is 16.8 Å². The Balaban J connectivity index is 0.000000184. The van der Waals surface area contributed by atoms with Gasteiger partial charge in [-0.3, -0.25) is 0 Å². The van der Waals surface area contributed by atoms with Gasteiger partial charge in [-0.2, -0.15) is 20.4 Å². The Bertz CT molecular complexity index is 1410. The number of nitrogens with zero attached hydrogens (tertiary/aromatic N) is 10. The van der Waals surface area contributed by atoms with Crippen molar-refractivity contribution < 1.29 is 16.8 Å². The molecule has 11 heteroatoms. The van der Waals surface area contributed by atoms with E-state index in [1.807, 2.05) is 49.1 Å². The molecule has 0 spiro atoms. The van der Waals surface area contributed by atoms with Crippen LogP contribution in [0.2, 0.25) is 0 Å². The van der Waals surface area contributed by atoms with Crippen molar-refractivity contribution in [3.63, 3.8) is 0 Å². The van der Waals surface area contributed by atoms with Gasteiger partial charge in [-0.25, -0.2) is 28.7 Å². The molecule has 6 heterocycles. The van der Waals surface area contributed by atoms with Crippen molar-refractivity contribution in [2.24, 2.45) is 0 Å². The molecule has 41 heavy (non-hydrogen) atoms. The zero-order valence-corrected chi connectivity index (χ0v) is 25.1. The van der Waals surface area contributed by atoms with Gasteiger partial charge < -0.3 is 0 Å². The number of rotatable bonds is 4. The van der Waals surface area contributed by atoms with E-state index in [1.165, 1.54) is 11.1 Å². The first kappa shape index (κ1) is 29.6. The summed E-state index contributed by atoms with van der Waals surface area (Å²) < 4.78 is 7.06. The minimum atomic E-state index is 0. The number of pyridine rings is 2. The second-order valence-electron chi connectivity index (χ2n) is 11.4. The van der Waals surface area contributed by atoms with Gasteiger partial charge in [0.25, 0.3) is 0 Å². The Hall–Kier alpha value is -4.35. The zero-order valence-electron chi connectivity index (χ0n) is 24.0. The van der Waals surface area contributed by atoms with Gasteiger partial charge in [0.2, 0.25) is 0 Å². The molecule has 0 aliphatic carbocycles. The summed E-state index contributed by atoms with van der Waals surface area (Å²) in [7, 11) is 0. The first-order chi connectivity index (χ1) is 19.1. The normalized spacial score (nSPS) is 11.5. The fraction of sp³-hybridized carbons (Fsp3) is 0.267. The first-order valence-corrected chi connectivity index (χ1v) is 13.1. The van der Waals surface area contributed by atoms with E-state index in [9.17, 15) is 0 Å². The number of aromatic nitrogens is 10. The van der Waals surface area contributed by atoms with Crippen molar-refractivity contribution in [1.29, 1.82) is 0 Å². The summed E-state index contributed by atoms with van der Waals surface area (Å²) in [4.78, 5) is 9.27. The topological polar surface area (TPSA) is 97.1 Å². The van der Waals surface area contributed by atoms with E-state index in [0.29, 0.717) is 0 Å². The Morgan fingerprint density at radius 1 is 0.439 bits per heavy atom. The summed E-state index contributed by atoms with van der Waals surface area (Å²) in [5, 5.41) is 17.0. The average Bonchev–Trinajstić information content (AvgIpc) is 3.75. The fourth-order valence-electron chi connectivity index (χ4n) is 3.96. The Labute approximate surface area is 250 Å². The second kappa shape index (κ2) is 12.0. The number of hydrogen-bond donors (Lipinski definition) is 0. The van der Waals surface area contributed by atoms with Crippen LogP contribution in [0.4, 0.5) is 0 Å². The predicted octanol–water partition coefficient (Wildman–Crippen LogP) is 5.50. The quantitative estimate of drug-likeness (QED) is 0.268. The molecule has 0 aromatic carbocycles. The van der Waals surface area contributed by atoms with E-state index in [0.717, 1.165) is 23.3 Å². The molecule has 0 bridgehead atoms. The summed E-state index contributed by atoms with van der Waals surface area (Å²) >= 11 is 0. The molecule has 0 unspecified atom stereocenters. The second-order valence-corrected chi connectivity index (χ2v) is 11.4. The maximum absolute atomic E-state index is 4.63. The maximum atomic E-state index is 4.63. The molecular formula is C30H34CoN10+2. The average molecular weight is 594 g/mol. The van der Waals surface area contributed by atoms with E-state index in [2.05, 4.69) is 96.2 Å². The SMILES string of the molecule is CC(C)(C)c1cc(-n2cccn2)nc(-n2cccn2)c1.CC(C)(C)c1cc(-n2cccn2)nc(-n2cccn2)c1.[Co+2]. The van der Waals surface area contributed by atoms with Crippen LogP contribution < -0.4 is 0 Å². The van der Waals surface area contributed by atoms with Crippen LogP contribution in [-0.4, -0.2) is 49.1 Å². The molecule has 0 atom stereocenters. The first-order valence-electron chi connectivity index (χ1n) is 13.1. The third kappa shape index (κ3) is 7.05. The van der Waals surface area contributed by atoms with Crippen LogP contribution in [0.1, 0.15) is 52.7 Å². The third-order valence-electron chi connectivity index (χ3n) is 6.29. The summed E-state index contributed by atoms with van der Waals surface area (Å²) in [5.41, 5.74) is 2.46. The van der Waals surface area contributed by atoms with Gasteiger partial charge in [-0.1, -0.05) is 41.5 Å². The molecule has 0 aliphatic rings. The fourth-order valence-corrected chi connectivity index (χ4v) is 3.96. The van der Waals surface area contributed by atoms with Gasteiger partial charge in [-0.05, 0) is 70.5 Å². The molecule has 0 N–H and O–H groups in total. The van der Waals surface area contributed by atoms with Crippen molar-refractivity contribution in [3.8, 4) is 23.3 Å². The number of hydrogen-bond acceptors (Lipinski definition) is 6. The molecule has 0 amide bonds. The molecule has 6 rings (SSSR count). The molecule has 1 radical (unpaired) electrons. The van der Waals surface area contributed by atoms with Crippen LogP contribution in [0.3, 0.4) is 0 Å². The Morgan fingerprint density at radius 3 is 0.854 bits per heavy atom. The summed E-state index contributed by atoms with van der Waals surface area (Å²) in [6, 6.07) is 15.8. The van der Waals surface area contributed by atoms with Gasteiger partial charge in [-0.15, -0.1) is 0 Å². The van der Waals surface area contributed by atoms with E-state index >= 15 is 0 Å². The summed E-state index contributed by atoms with van der Waals surface area (Å²) in [6.07, 6.45) is 14.6. The van der Waals surface area contributed by atoms with Crippen molar-refractivity contribution >= 4 is 0 Å². The van der Waals surface area contributed by atoms with Gasteiger partial charge in [0.15, 0.2) is 23.3 Å². The van der Waals surface area contributed by atoms with Crippen molar-refractivity contribution in [3.05, 3.63) is 109 Å². The molecule has 0 fully saturated rings. The van der Waals surface area contributed by atoms with E-state index in [1.54, 1.807) is 43.5 Å². The van der Waals surface area contributed by atoms with E-state index < -0.39 is 0 Å². The molecule has 10 nitrogen and oxygen atoms in total. The maximum Gasteiger partial charge on any atom is 2.00 e. The van der Waals surface area contributed by atoms with E-state index in [4.69, 9.17) is 0 Å². The van der Waals surface area contributed by atoms with E-state index in [-0.39, 0.29) is 27.6 Å². The minimum absolute atomic E-state index is 0. The Morgan fingerprint density at radius 2 is 0.683 bits per heavy atom. The summed E-state index contributed by atoms with van der Waals surface area (Å²) in [6.45, 7) is 13.1. The minimum Gasteiger partial charge on any atom is -0.223 e. The molecule has 0 aliphatic heterocycles. The van der Waals surface area contributed by atoms with Gasteiger partial charge in [0, 0.05) is 49.6 Å². The van der Waals surface area contributed by atoms with Crippen LogP contribution in [0.15, 0.2) is 98.1 Å². The van der Waals surface area contributed by atoms with Crippen LogP contribution in [-0.2, 0) is 27.6 Å². The van der Waals surface area contributed by atoms with Crippen molar-refractivity contribution in [2.45, 2.75) is 52.4 Å². The molecule has 6 aromatic rings. The molecule has 211 valence electrons. The smallest absolute Gasteiger partial charge is 0.223 e. The monoisotopic (exact) mass is 593 g/mol. The molecule has 0 saturated heterocycles. The van der Waals surface area contributed by atoms with Crippen LogP contribution in [0.5, 0.6) is 0 Å². The van der Waals surface area contributed by atoms with Crippen molar-refractivity contribution in [1.82, 2.24) is 49.1 Å². The third-order valence-corrected chi connectivity index (χ3v) is 6.29. The standard InChI is InChI=1S/2C15H17N5.Co/c2*1-15(2,3)12-10-13(19-8-4-6-16-19)18-14(11-12)20-9-5-7-17-20;/h2*4-11H,1-3H3;/q;;+2. The van der Waals surface area contributed by atoms with Gasteiger partial charge in [0.1, 0.15) is 0 Å². The van der Waals surface area contributed by atoms with Crippen LogP contribution >= 0.6 is 0 Å². The molecular weight excluding hydrogens is 559 g/mol. The molecule has 6 aromatic heterocycles.